The smallest absolute Gasteiger partial charge is 0.253 e. The summed E-state index contributed by atoms with van der Waals surface area (Å²) in [4.78, 5) is 21.0. The summed E-state index contributed by atoms with van der Waals surface area (Å²) in [7, 11) is 0. The molecule has 1 amide bonds. The van der Waals surface area contributed by atoms with Gasteiger partial charge in [0, 0.05) is 41.8 Å². The summed E-state index contributed by atoms with van der Waals surface area (Å²) < 4.78 is 1.71. The zero-order chi connectivity index (χ0) is 19.8. The molecule has 0 aliphatic heterocycles. The van der Waals surface area contributed by atoms with Crippen LogP contribution in [0.15, 0.2) is 55.0 Å². The van der Waals surface area contributed by atoms with Gasteiger partial charge in [0.25, 0.3) is 5.91 Å². The number of H-pyrrole nitrogens is 1. The number of aromatic amines is 1. The zero-order valence-electron chi connectivity index (χ0n) is 16.4. The van der Waals surface area contributed by atoms with Gasteiger partial charge in [0.05, 0.1) is 11.1 Å². The van der Waals surface area contributed by atoms with Gasteiger partial charge in [-0.1, -0.05) is 25.1 Å². The van der Waals surface area contributed by atoms with Crippen molar-refractivity contribution in [3.63, 3.8) is 0 Å². The van der Waals surface area contributed by atoms with Crippen molar-refractivity contribution in [1.29, 1.82) is 0 Å². The summed E-state index contributed by atoms with van der Waals surface area (Å²) in [5.41, 5.74) is 5.21. The van der Waals surface area contributed by atoms with E-state index in [1.54, 1.807) is 17.1 Å². The number of rotatable bonds is 4. The lowest BCUT2D eigenvalue weighted by molar-refractivity contribution is 0.0952. The number of para-hydroxylation sites is 1. The summed E-state index contributed by atoms with van der Waals surface area (Å²) in [5.74, 6) is 1.32. The van der Waals surface area contributed by atoms with Crippen molar-refractivity contribution in [2.24, 2.45) is 5.92 Å². The highest BCUT2D eigenvalue weighted by Gasteiger charge is 2.22. The third-order valence-electron chi connectivity index (χ3n) is 5.74. The molecule has 6 nitrogen and oxygen atoms in total. The summed E-state index contributed by atoms with van der Waals surface area (Å²) in [6.45, 7) is 2.68. The van der Waals surface area contributed by atoms with Gasteiger partial charge in [-0.2, -0.15) is 5.10 Å². The number of hydrogen-bond donors (Lipinski definition) is 2. The van der Waals surface area contributed by atoms with Crippen LogP contribution in [0.4, 0.5) is 0 Å². The average Bonchev–Trinajstić information content (AvgIpc) is 3.40. The fourth-order valence-electron chi connectivity index (χ4n) is 4.24. The van der Waals surface area contributed by atoms with Crippen LogP contribution in [-0.4, -0.2) is 25.7 Å². The first-order valence-corrected chi connectivity index (χ1v) is 10.1. The van der Waals surface area contributed by atoms with Crippen LogP contribution in [0, 0.1) is 5.92 Å². The lowest BCUT2D eigenvalue weighted by Gasteiger charge is -2.17. The van der Waals surface area contributed by atoms with E-state index in [1.807, 2.05) is 36.5 Å². The first kappa shape index (κ1) is 17.7. The molecule has 4 aromatic rings. The fraction of sp³-hybridized carbons (Fsp3) is 0.261. The lowest BCUT2D eigenvalue weighted by atomic mass is 9.87. The number of carbonyl (C=O) groups is 1. The Morgan fingerprint density at radius 3 is 3.03 bits per heavy atom. The first-order valence-electron chi connectivity index (χ1n) is 10.1. The Morgan fingerprint density at radius 1 is 1.24 bits per heavy atom. The Bertz CT molecular complexity index is 1180. The number of aromatic nitrogens is 4. The van der Waals surface area contributed by atoms with E-state index >= 15 is 0 Å². The molecule has 0 spiro atoms. The normalized spacial score (nSPS) is 16.0. The third kappa shape index (κ3) is 3.20. The monoisotopic (exact) mass is 385 g/mol. The number of benzene rings is 1. The standard InChI is InChI=1S/C23H23N5O/c1-15-8-9-20-19(13-15)17-6-2-7-18(21(17)27-20)23(29)25-14-16-5-3-10-24-22(16)28-12-4-11-26-28/h2-7,10-12,15,27H,8-9,13-14H2,1H3,(H,25,29). The highest BCUT2D eigenvalue weighted by Crippen LogP contribution is 2.33. The Kier molecular flexibility index (Phi) is 4.39. The first-order chi connectivity index (χ1) is 14.2. The molecule has 1 atom stereocenters. The van der Waals surface area contributed by atoms with Gasteiger partial charge in [-0.05, 0) is 48.9 Å². The molecule has 1 aliphatic carbocycles. The maximum absolute atomic E-state index is 13.0. The molecule has 1 unspecified atom stereocenters. The highest BCUT2D eigenvalue weighted by atomic mass is 16.1. The van der Waals surface area contributed by atoms with Crippen LogP contribution >= 0.6 is 0 Å². The molecule has 0 saturated heterocycles. The van der Waals surface area contributed by atoms with Gasteiger partial charge in [0.2, 0.25) is 0 Å². The van der Waals surface area contributed by atoms with Crippen molar-refractivity contribution < 1.29 is 4.79 Å². The van der Waals surface area contributed by atoms with E-state index in [0.717, 1.165) is 29.7 Å². The van der Waals surface area contributed by atoms with E-state index < -0.39 is 0 Å². The molecule has 0 fully saturated rings. The van der Waals surface area contributed by atoms with Crippen molar-refractivity contribution in [3.8, 4) is 5.82 Å². The molecule has 1 aromatic carbocycles. The Hall–Kier alpha value is -3.41. The maximum atomic E-state index is 13.0. The maximum Gasteiger partial charge on any atom is 0.253 e. The summed E-state index contributed by atoms with van der Waals surface area (Å²) in [6.07, 6.45) is 8.61. The third-order valence-corrected chi connectivity index (χ3v) is 5.74. The van der Waals surface area contributed by atoms with Crippen molar-refractivity contribution in [2.45, 2.75) is 32.7 Å². The Morgan fingerprint density at radius 2 is 2.17 bits per heavy atom. The van der Waals surface area contributed by atoms with Gasteiger partial charge < -0.3 is 10.3 Å². The van der Waals surface area contributed by atoms with Gasteiger partial charge in [0.1, 0.15) is 0 Å². The molecule has 0 saturated carbocycles. The minimum absolute atomic E-state index is 0.0856. The van der Waals surface area contributed by atoms with Crippen LogP contribution in [0.3, 0.4) is 0 Å². The average molecular weight is 385 g/mol. The SMILES string of the molecule is CC1CCc2[nH]c3c(C(=O)NCc4cccnc4-n4cccn4)cccc3c2C1. The lowest BCUT2D eigenvalue weighted by Crippen LogP contribution is -2.24. The van der Waals surface area contributed by atoms with E-state index in [1.165, 1.54) is 23.1 Å². The predicted molar refractivity (Wildman–Crippen MR) is 112 cm³/mol. The molecule has 1 aliphatic rings. The van der Waals surface area contributed by atoms with Gasteiger partial charge in [-0.15, -0.1) is 0 Å². The summed E-state index contributed by atoms with van der Waals surface area (Å²) in [6, 6.07) is 11.7. The van der Waals surface area contributed by atoms with Crippen molar-refractivity contribution in [1.82, 2.24) is 25.1 Å². The Labute approximate surface area is 169 Å². The molecule has 0 radical (unpaired) electrons. The molecule has 6 heteroatoms. The molecule has 3 heterocycles. The van der Waals surface area contributed by atoms with E-state index in [9.17, 15) is 4.79 Å². The van der Waals surface area contributed by atoms with Crippen LogP contribution in [0.1, 0.15) is 40.5 Å². The van der Waals surface area contributed by atoms with E-state index in [2.05, 4.69) is 33.4 Å². The van der Waals surface area contributed by atoms with Crippen molar-refractivity contribution >= 4 is 16.8 Å². The van der Waals surface area contributed by atoms with Crippen LogP contribution in [0.2, 0.25) is 0 Å². The molecule has 2 N–H and O–H groups in total. The Balaban J connectivity index is 1.42. The van der Waals surface area contributed by atoms with E-state index in [0.29, 0.717) is 18.0 Å². The minimum atomic E-state index is -0.0856. The number of hydrogen-bond acceptors (Lipinski definition) is 3. The molecule has 146 valence electrons. The second kappa shape index (κ2) is 7.20. The molecule has 0 bridgehead atoms. The number of nitrogens with one attached hydrogen (secondary N) is 2. The van der Waals surface area contributed by atoms with Crippen LogP contribution < -0.4 is 5.32 Å². The minimum Gasteiger partial charge on any atom is -0.358 e. The van der Waals surface area contributed by atoms with Gasteiger partial charge in [-0.3, -0.25) is 4.79 Å². The van der Waals surface area contributed by atoms with E-state index in [-0.39, 0.29) is 5.91 Å². The molecule has 5 rings (SSSR count). The molecular weight excluding hydrogens is 362 g/mol. The van der Waals surface area contributed by atoms with Gasteiger partial charge in [-0.25, -0.2) is 9.67 Å². The summed E-state index contributed by atoms with van der Waals surface area (Å²) >= 11 is 0. The second-order valence-electron chi connectivity index (χ2n) is 7.78. The van der Waals surface area contributed by atoms with Crippen LogP contribution in [0.5, 0.6) is 0 Å². The molecule has 3 aromatic heterocycles. The number of pyridine rings is 1. The fourth-order valence-corrected chi connectivity index (χ4v) is 4.24. The zero-order valence-corrected chi connectivity index (χ0v) is 16.4. The molecular formula is C23H23N5O. The van der Waals surface area contributed by atoms with Crippen LogP contribution in [-0.2, 0) is 19.4 Å². The number of nitrogens with zero attached hydrogens (tertiary/aromatic N) is 3. The number of amides is 1. The van der Waals surface area contributed by atoms with Crippen molar-refractivity contribution in [2.75, 3.05) is 0 Å². The second-order valence-corrected chi connectivity index (χ2v) is 7.78. The van der Waals surface area contributed by atoms with Crippen LogP contribution in [0.25, 0.3) is 16.7 Å². The number of fused-ring (bicyclic) bond motifs is 3. The van der Waals surface area contributed by atoms with Crippen molar-refractivity contribution in [3.05, 3.63) is 77.4 Å². The number of carbonyl (C=O) groups excluding carboxylic acids is 1. The topological polar surface area (TPSA) is 75.6 Å². The van der Waals surface area contributed by atoms with Gasteiger partial charge >= 0.3 is 0 Å². The summed E-state index contributed by atoms with van der Waals surface area (Å²) in [5, 5.41) is 8.49. The van der Waals surface area contributed by atoms with E-state index in [4.69, 9.17) is 0 Å². The largest absolute Gasteiger partial charge is 0.358 e. The quantitative estimate of drug-likeness (QED) is 0.561. The van der Waals surface area contributed by atoms with Gasteiger partial charge in [0.15, 0.2) is 5.82 Å². The predicted octanol–water partition coefficient (Wildman–Crippen LogP) is 3.80. The highest BCUT2D eigenvalue weighted by molar-refractivity contribution is 6.06. The molecule has 29 heavy (non-hydrogen) atoms. The number of aryl methyl sites for hydroxylation is 1.